The molecule has 0 radical (unpaired) electrons. The van der Waals surface area contributed by atoms with Gasteiger partial charge in [0.25, 0.3) is 17.7 Å². The molecule has 0 atom stereocenters. The van der Waals surface area contributed by atoms with Crippen LogP contribution in [0, 0.1) is 0 Å². The normalized spacial score (nSPS) is 13.1. The largest absolute Gasteiger partial charge is 0.352 e. The minimum absolute atomic E-state index is 0.246. The quantitative estimate of drug-likeness (QED) is 0.602. The van der Waals surface area contributed by atoms with Gasteiger partial charge in [-0.25, -0.2) is 0 Å². The Balaban J connectivity index is 1.45. The maximum Gasteiger partial charge on any atom is 0.261 e. The summed E-state index contributed by atoms with van der Waals surface area (Å²) in [5.74, 6) is -0.764. The zero-order chi connectivity index (χ0) is 18.7. The molecule has 0 spiro atoms. The van der Waals surface area contributed by atoms with E-state index < -0.39 is 0 Å². The molecule has 0 aliphatic carbocycles. The van der Waals surface area contributed by atoms with Gasteiger partial charge in [0.15, 0.2) is 0 Å². The van der Waals surface area contributed by atoms with Crippen molar-refractivity contribution in [1.82, 2.24) is 10.2 Å². The number of hydrogen-bond acceptors (Lipinski definition) is 3. The van der Waals surface area contributed by atoms with Crippen molar-refractivity contribution < 1.29 is 14.4 Å². The lowest BCUT2D eigenvalue weighted by molar-refractivity contribution is 0.0650. The summed E-state index contributed by atoms with van der Waals surface area (Å²) in [6.07, 6.45) is 1.24. The molecule has 3 amide bonds. The molecule has 26 heavy (non-hydrogen) atoms. The van der Waals surface area contributed by atoms with Crippen molar-refractivity contribution in [3.05, 3.63) is 69.2 Å². The van der Waals surface area contributed by atoms with Gasteiger partial charge in [-0.1, -0.05) is 35.3 Å². The zero-order valence-corrected chi connectivity index (χ0v) is 15.3. The summed E-state index contributed by atoms with van der Waals surface area (Å²) in [5.41, 5.74) is 1.33. The summed E-state index contributed by atoms with van der Waals surface area (Å²) in [5, 5.41) is 3.50. The molecule has 0 fully saturated rings. The van der Waals surface area contributed by atoms with Crippen LogP contribution in [0.3, 0.4) is 0 Å². The molecule has 0 unspecified atom stereocenters. The zero-order valence-electron chi connectivity index (χ0n) is 13.8. The predicted octanol–water partition coefficient (Wildman–Crippen LogP) is 3.80. The van der Waals surface area contributed by atoms with Crippen molar-refractivity contribution >= 4 is 40.9 Å². The summed E-state index contributed by atoms with van der Waals surface area (Å²) >= 11 is 11.7. The molecule has 2 aromatic carbocycles. The number of halogens is 2. The number of imide groups is 1. The topological polar surface area (TPSA) is 66.5 Å². The molecule has 5 nitrogen and oxygen atoms in total. The highest BCUT2D eigenvalue weighted by atomic mass is 35.5. The van der Waals surface area contributed by atoms with E-state index in [4.69, 9.17) is 23.2 Å². The van der Waals surface area contributed by atoms with E-state index in [1.54, 1.807) is 36.4 Å². The SMILES string of the molecule is O=C(NCCCCN1C(=O)c2ccccc2C1=O)c1ccc(Cl)c(Cl)c1. The minimum Gasteiger partial charge on any atom is -0.352 e. The minimum atomic E-state index is -0.259. The van der Waals surface area contributed by atoms with Gasteiger partial charge in [0, 0.05) is 18.7 Å². The summed E-state index contributed by atoms with van der Waals surface area (Å²) in [6, 6.07) is 11.5. The Labute approximate surface area is 160 Å². The van der Waals surface area contributed by atoms with Crippen LogP contribution in [0.4, 0.5) is 0 Å². The Morgan fingerprint density at radius 3 is 2.19 bits per heavy atom. The fraction of sp³-hybridized carbons (Fsp3) is 0.211. The molecule has 0 aromatic heterocycles. The highest BCUT2D eigenvalue weighted by Crippen LogP contribution is 2.23. The monoisotopic (exact) mass is 390 g/mol. The van der Waals surface area contributed by atoms with E-state index in [0.717, 1.165) is 0 Å². The molecule has 1 aliphatic heterocycles. The Morgan fingerprint density at radius 1 is 0.923 bits per heavy atom. The maximum absolute atomic E-state index is 12.2. The van der Waals surface area contributed by atoms with E-state index in [1.807, 2.05) is 0 Å². The summed E-state index contributed by atoms with van der Waals surface area (Å²) < 4.78 is 0. The number of nitrogens with one attached hydrogen (secondary N) is 1. The number of hydrogen-bond donors (Lipinski definition) is 1. The number of nitrogens with zero attached hydrogens (tertiary/aromatic N) is 1. The van der Waals surface area contributed by atoms with Crippen LogP contribution in [-0.2, 0) is 0 Å². The van der Waals surface area contributed by atoms with E-state index >= 15 is 0 Å². The highest BCUT2D eigenvalue weighted by Gasteiger charge is 2.34. The average Bonchev–Trinajstić information content (AvgIpc) is 2.88. The third kappa shape index (κ3) is 3.74. The highest BCUT2D eigenvalue weighted by molar-refractivity contribution is 6.42. The third-order valence-corrected chi connectivity index (χ3v) is 4.89. The molecule has 0 bridgehead atoms. The van der Waals surface area contributed by atoms with Gasteiger partial charge >= 0.3 is 0 Å². The summed E-state index contributed by atoms with van der Waals surface area (Å²) in [4.78, 5) is 37.8. The first-order valence-electron chi connectivity index (χ1n) is 8.17. The van der Waals surface area contributed by atoms with Gasteiger partial charge < -0.3 is 5.32 Å². The lowest BCUT2D eigenvalue weighted by atomic mass is 10.1. The Hall–Kier alpha value is -2.37. The Kier molecular flexibility index (Phi) is 5.59. The number of fused-ring (bicyclic) bond motifs is 1. The van der Waals surface area contributed by atoms with Crippen molar-refractivity contribution in [3.63, 3.8) is 0 Å². The Morgan fingerprint density at radius 2 is 1.58 bits per heavy atom. The second kappa shape index (κ2) is 7.89. The van der Waals surface area contributed by atoms with E-state index in [0.29, 0.717) is 52.7 Å². The van der Waals surface area contributed by atoms with Crippen LogP contribution in [-0.4, -0.2) is 35.7 Å². The van der Waals surface area contributed by atoms with E-state index in [9.17, 15) is 14.4 Å². The molecule has 7 heteroatoms. The van der Waals surface area contributed by atoms with Crippen LogP contribution in [0.5, 0.6) is 0 Å². The van der Waals surface area contributed by atoms with Crippen molar-refractivity contribution in [2.24, 2.45) is 0 Å². The van der Waals surface area contributed by atoms with Crippen molar-refractivity contribution in [1.29, 1.82) is 0 Å². The first kappa shape index (κ1) is 18.4. The number of amides is 3. The number of benzene rings is 2. The number of carbonyl (C=O) groups is 3. The molecule has 3 rings (SSSR count). The Bertz CT molecular complexity index is 848. The predicted molar refractivity (Wildman–Crippen MR) is 99.8 cm³/mol. The van der Waals surface area contributed by atoms with Crippen molar-refractivity contribution in [2.45, 2.75) is 12.8 Å². The molecular weight excluding hydrogens is 375 g/mol. The van der Waals surface area contributed by atoms with Crippen LogP contribution in [0.2, 0.25) is 10.0 Å². The van der Waals surface area contributed by atoms with Crippen LogP contribution in [0.25, 0.3) is 0 Å². The van der Waals surface area contributed by atoms with Gasteiger partial charge in [-0.2, -0.15) is 0 Å². The van der Waals surface area contributed by atoms with Gasteiger partial charge in [0.05, 0.1) is 21.2 Å². The second-order valence-corrected chi connectivity index (χ2v) is 6.71. The van der Waals surface area contributed by atoms with E-state index in [-0.39, 0.29) is 17.7 Å². The molecule has 1 N–H and O–H groups in total. The summed E-state index contributed by atoms with van der Waals surface area (Å²) in [7, 11) is 0. The van der Waals surface area contributed by atoms with Gasteiger partial charge in [0.2, 0.25) is 0 Å². The lowest BCUT2D eigenvalue weighted by Crippen LogP contribution is -2.31. The van der Waals surface area contributed by atoms with Gasteiger partial charge in [-0.05, 0) is 43.2 Å². The maximum atomic E-state index is 12.2. The van der Waals surface area contributed by atoms with Crippen molar-refractivity contribution in [3.8, 4) is 0 Å². The molecule has 1 aliphatic rings. The van der Waals surface area contributed by atoms with Crippen LogP contribution in [0.1, 0.15) is 43.9 Å². The number of rotatable bonds is 6. The molecule has 0 saturated heterocycles. The van der Waals surface area contributed by atoms with Crippen molar-refractivity contribution in [2.75, 3.05) is 13.1 Å². The average molecular weight is 391 g/mol. The molecule has 1 heterocycles. The van der Waals surface area contributed by atoms with Crippen LogP contribution in [0.15, 0.2) is 42.5 Å². The molecule has 0 saturated carbocycles. The smallest absolute Gasteiger partial charge is 0.261 e. The van der Waals surface area contributed by atoms with E-state index in [1.165, 1.54) is 11.0 Å². The number of carbonyl (C=O) groups excluding carboxylic acids is 3. The third-order valence-electron chi connectivity index (χ3n) is 4.15. The first-order valence-corrected chi connectivity index (χ1v) is 8.93. The fourth-order valence-corrected chi connectivity index (χ4v) is 3.08. The standard InChI is InChI=1S/C19H16Cl2N2O3/c20-15-8-7-12(11-16(15)21)17(24)22-9-3-4-10-23-18(25)13-5-1-2-6-14(13)19(23)26/h1-2,5-8,11H,3-4,9-10H2,(H,22,24). The van der Waals surface area contributed by atoms with Gasteiger partial charge in [0.1, 0.15) is 0 Å². The first-order chi connectivity index (χ1) is 12.5. The molecule has 2 aromatic rings. The summed E-state index contributed by atoms with van der Waals surface area (Å²) in [6.45, 7) is 0.761. The molecule has 134 valence electrons. The number of unbranched alkanes of at least 4 members (excludes halogenated alkanes) is 1. The van der Waals surface area contributed by atoms with E-state index in [2.05, 4.69) is 5.32 Å². The van der Waals surface area contributed by atoms with Gasteiger partial charge in [-0.3, -0.25) is 19.3 Å². The molecular formula is C19H16Cl2N2O3. The van der Waals surface area contributed by atoms with Gasteiger partial charge in [-0.15, -0.1) is 0 Å². The van der Waals surface area contributed by atoms with Crippen LogP contribution >= 0.6 is 23.2 Å². The fourth-order valence-electron chi connectivity index (χ4n) is 2.78. The van der Waals surface area contributed by atoms with Crippen LogP contribution < -0.4 is 5.32 Å². The second-order valence-electron chi connectivity index (χ2n) is 5.90. The lowest BCUT2D eigenvalue weighted by Gasteiger charge is -2.13.